The van der Waals surface area contributed by atoms with Gasteiger partial charge in [-0.3, -0.25) is 4.79 Å². The number of carbonyl (C=O) groups excluding carboxylic acids is 1. The smallest absolute Gasteiger partial charge is 0.227 e. The molecule has 0 spiro atoms. The molecule has 0 aliphatic carbocycles. The van der Waals surface area contributed by atoms with Gasteiger partial charge in [-0.05, 0) is 37.1 Å². The number of carbonyl (C=O) groups is 1. The van der Waals surface area contributed by atoms with Crippen LogP contribution in [0.4, 0.5) is 5.69 Å². The van der Waals surface area contributed by atoms with Gasteiger partial charge in [0.2, 0.25) is 5.91 Å². The molecule has 0 fully saturated rings. The van der Waals surface area contributed by atoms with Gasteiger partial charge in [-0.2, -0.15) is 0 Å². The summed E-state index contributed by atoms with van der Waals surface area (Å²) in [6, 6.07) is 7.17. The van der Waals surface area contributed by atoms with E-state index in [1.165, 1.54) is 0 Å². The van der Waals surface area contributed by atoms with Crippen molar-refractivity contribution in [2.75, 3.05) is 11.9 Å². The Morgan fingerprint density at radius 1 is 1.41 bits per heavy atom. The van der Waals surface area contributed by atoms with E-state index in [4.69, 9.17) is 10.8 Å². The van der Waals surface area contributed by atoms with E-state index in [0.717, 1.165) is 24.1 Å². The summed E-state index contributed by atoms with van der Waals surface area (Å²) in [6.45, 7) is 2.52. The van der Waals surface area contributed by atoms with Gasteiger partial charge in [-0.25, -0.2) is 0 Å². The van der Waals surface area contributed by atoms with Crippen LogP contribution in [0.15, 0.2) is 24.3 Å². The Labute approximate surface area is 102 Å². The minimum atomic E-state index is -0.0314. The molecule has 0 aromatic heterocycles. The van der Waals surface area contributed by atoms with Gasteiger partial charge >= 0.3 is 0 Å². The normalized spacial score (nSPS) is 12.2. The molecule has 0 heterocycles. The fourth-order valence-electron chi connectivity index (χ4n) is 1.51. The molecule has 4 nitrogen and oxygen atoms in total. The Kier molecular flexibility index (Phi) is 5.66. The van der Waals surface area contributed by atoms with Gasteiger partial charge in [0.05, 0.1) is 6.61 Å². The van der Waals surface area contributed by atoms with Crippen LogP contribution in [0.1, 0.15) is 25.3 Å². The van der Waals surface area contributed by atoms with Crippen LogP contribution in [0.2, 0.25) is 0 Å². The molecule has 0 aliphatic heterocycles. The molecule has 17 heavy (non-hydrogen) atoms. The minimum Gasteiger partial charge on any atom is -0.392 e. The van der Waals surface area contributed by atoms with Crippen LogP contribution in [0.25, 0.3) is 0 Å². The Morgan fingerprint density at radius 3 is 2.59 bits per heavy atom. The lowest BCUT2D eigenvalue weighted by Crippen LogP contribution is -2.21. The van der Waals surface area contributed by atoms with Crippen molar-refractivity contribution in [3.8, 4) is 0 Å². The van der Waals surface area contributed by atoms with E-state index < -0.39 is 0 Å². The number of aliphatic hydroxyl groups excluding tert-OH is 1. The fraction of sp³-hybridized carbons (Fsp3) is 0.462. The molecule has 1 unspecified atom stereocenters. The van der Waals surface area contributed by atoms with E-state index in [1.807, 2.05) is 6.92 Å². The number of hydrogen-bond acceptors (Lipinski definition) is 3. The third kappa shape index (κ3) is 4.54. The number of hydrogen-bond donors (Lipinski definition) is 3. The van der Waals surface area contributed by atoms with Crippen LogP contribution in [0.5, 0.6) is 0 Å². The van der Waals surface area contributed by atoms with Gasteiger partial charge in [-0.1, -0.05) is 19.1 Å². The van der Waals surface area contributed by atoms with Crippen molar-refractivity contribution >= 4 is 11.6 Å². The quantitative estimate of drug-likeness (QED) is 0.700. The molecular weight excluding hydrogens is 216 g/mol. The lowest BCUT2D eigenvalue weighted by atomic mass is 10.0. The van der Waals surface area contributed by atoms with Crippen molar-refractivity contribution in [2.45, 2.75) is 26.4 Å². The Bertz CT molecular complexity index is 349. The zero-order valence-electron chi connectivity index (χ0n) is 10.1. The van der Waals surface area contributed by atoms with E-state index in [1.54, 1.807) is 24.3 Å². The lowest BCUT2D eigenvalue weighted by molar-refractivity contribution is -0.119. The van der Waals surface area contributed by atoms with Crippen LogP contribution in [-0.2, 0) is 11.4 Å². The third-order valence-electron chi connectivity index (χ3n) is 2.69. The van der Waals surface area contributed by atoms with Crippen LogP contribution in [0.3, 0.4) is 0 Å². The van der Waals surface area contributed by atoms with E-state index in [2.05, 4.69) is 5.32 Å². The average molecular weight is 236 g/mol. The largest absolute Gasteiger partial charge is 0.392 e. The maximum atomic E-state index is 11.8. The second kappa shape index (κ2) is 7.04. The number of aliphatic hydroxyl groups is 1. The van der Waals surface area contributed by atoms with Crippen molar-refractivity contribution < 1.29 is 9.90 Å². The van der Waals surface area contributed by atoms with E-state index in [0.29, 0.717) is 6.54 Å². The molecule has 1 aromatic carbocycles. The van der Waals surface area contributed by atoms with Crippen molar-refractivity contribution in [3.05, 3.63) is 29.8 Å². The zero-order chi connectivity index (χ0) is 12.7. The molecule has 94 valence electrons. The summed E-state index contributed by atoms with van der Waals surface area (Å²) in [5.41, 5.74) is 6.99. The molecule has 0 aliphatic rings. The minimum absolute atomic E-state index is 0.00944. The predicted octanol–water partition coefficient (Wildman–Crippen LogP) is 1.49. The van der Waals surface area contributed by atoms with Crippen LogP contribution >= 0.6 is 0 Å². The Balaban J connectivity index is 2.49. The SMILES string of the molecule is CC(CCCN)C(=O)Nc1ccc(CO)cc1. The van der Waals surface area contributed by atoms with Gasteiger partial charge in [0.25, 0.3) is 0 Å². The number of nitrogens with one attached hydrogen (secondary N) is 1. The highest BCUT2D eigenvalue weighted by Crippen LogP contribution is 2.13. The lowest BCUT2D eigenvalue weighted by Gasteiger charge is -2.11. The summed E-state index contributed by atoms with van der Waals surface area (Å²) in [4.78, 5) is 11.8. The number of anilines is 1. The molecule has 0 saturated carbocycles. The van der Waals surface area contributed by atoms with E-state index in [9.17, 15) is 4.79 Å². The molecule has 0 radical (unpaired) electrons. The molecule has 1 atom stereocenters. The molecule has 0 saturated heterocycles. The summed E-state index contributed by atoms with van der Waals surface area (Å²) >= 11 is 0. The highest BCUT2D eigenvalue weighted by molar-refractivity contribution is 5.92. The first-order chi connectivity index (χ1) is 8.17. The van der Waals surface area contributed by atoms with E-state index >= 15 is 0 Å². The molecular formula is C13H20N2O2. The standard InChI is InChI=1S/C13H20N2O2/c1-10(3-2-8-14)13(17)15-12-6-4-11(9-16)5-7-12/h4-7,10,16H,2-3,8-9,14H2,1H3,(H,15,17). The maximum absolute atomic E-state index is 11.8. The number of benzene rings is 1. The summed E-state index contributed by atoms with van der Waals surface area (Å²) in [5, 5.41) is 11.7. The zero-order valence-corrected chi connectivity index (χ0v) is 10.1. The summed E-state index contributed by atoms with van der Waals surface area (Å²) < 4.78 is 0. The highest BCUT2D eigenvalue weighted by atomic mass is 16.3. The number of rotatable bonds is 6. The molecule has 1 amide bonds. The van der Waals surface area contributed by atoms with Crippen molar-refractivity contribution in [1.82, 2.24) is 0 Å². The monoisotopic (exact) mass is 236 g/mol. The topological polar surface area (TPSA) is 75.4 Å². The first-order valence-electron chi connectivity index (χ1n) is 5.88. The molecule has 4 heteroatoms. The van der Waals surface area contributed by atoms with Gasteiger partial charge in [0, 0.05) is 11.6 Å². The van der Waals surface area contributed by atoms with Crippen LogP contribution < -0.4 is 11.1 Å². The van der Waals surface area contributed by atoms with Crippen molar-refractivity contribution in [1.29, 1.82) is 0 Å². The van der Waals surface area contributed by atoms with Gasteiger partial charge in [0.1, 0.15) is 0 Å². The molecule has 1 aromatic rings. The predicted molar refractivity (Wildman–Crippen MR) is 68.4 cm³/mol. The highest BCUT2D eigenvalue weighted by Gasteiger charge is 2.11. The summed E-state index contributed by atoms with van der Waals surface area (Å²) in [6.07, 6.45) is 1.66. The fourth-order valence-corrected chi connectivity index (χ4v) is 1.51. The first kappa shape index (κ1) is 13.7. The molecule has 1 rings (SSSR count). The van der Waals surface area contributed by atoms with Crippen LogP contribution in [0, 0.1) is 5.92 Å². The third-order valence-corrected chi connectivity index (χ3v) is 2.69. The van der Waals surface area contributed by atoms with Crippen molar-refractivity contribution in [2.24, 2.45) is 11.7 Å². The van der Waals surface area contributed by atoms with Crippen LogP contribution in [-0.4, -0.2) is 17.6 Å². The summed E-state index contributed by atoms with van der Waals surface area (Å²) in [7, 11) is 0. The summed E-state index contributed by atoms with van der Waals surface area (Å²) in [5.74, 6) is -0.0220. The molecule has 0 bridgehead atoms. The Morgan fingerprint density at radius 2 is 2.06 bits per heavy atom. The van der Waals surface area contributed by atoms with Gasteiger partial charge < -0.3 is 16.2 Å². The van der Waals surface area contributed by atoms with Gasteiger partial charge in [-0.15, -0.1) is 0 Å². The Hall–Kier alpha value is -1.39. The second-order valence-corrected chi connectivity index (χ2v) is 4.18. The van der Waals surface area contributed by atoms with Crippen molar-refractivity contribution in [3.63, 3.8) is 0 Å². The maximum Gasteiger partial charge on any atom is 0.227 e. The number of amides is 1. The average Bonchev–Trinajstić information content (AvgIpc) is 2.36. The van der Waals surface area contributed by atoms with Gasteiger partial charge in [0.15, 0.2) is 0 Å². The number of nitrogens with two attached hydrogens (primary N) is 1. The molecule has 4 N–H and O–H groups in total. The first-order valence-corrected chi connectivity index (χ1v) is 5.88. The second-order valence-electron chi connectivity index (χ2n) is 4.18. The van der Waals surface area contributed by atoms with E-state index in [-0.39, 0.29) is 18.4 Å².